The molecule has 0 fully saturated rings. The summed E-state index contributed by atoms with van der Waals surface area (Å²) in [4.78, 5) is 14.2. The Hall–Kier alpha value is -2.05. The zero-order valence-electron chi connectivity index (χ0n) is 14.2. The van der Waals surface area contributed by atoms with Gasteiger partial charge in [0.25, 0.3) is 0 Å². The molecule has 5 nitrogen and oxygen atoms in total. The Morgan fingerprint density at radius 2 is 1.64 bits per heavy atom. The Bertz CT molecular complexity index is 825. The predicted molar refractivity (Wildman–Crippen MR) is 103 cm³/mol. The van der Waals surface area contributed by atoms with E-state index in [1.807, 2.05) is 37.3 Å². The van der Waals surface area contributed by atoms with Crippen LogP contribution in [-0.4, -0.2) is 33.7 Å². The fourth-order valence-corrected chi connectivity index (χ4v) is 3.79. The number of amides is 1. The van der Waals surface area contributed by atoms with E-state index < -0.39 is 10.0 Å². The summed E-state index contributed by atoms with van der Waals surface area (Å²) in [5, 5.41) is 0.329. The number of halogens is 1. The van der Waals surface area contributed by atoms with E-state index in [2.05, 4.69) is 0 Å². The quantitative estimate of drug-likeness (QED) is 0.738. The van der Waals surface area contributed by atoms with Gasteiger partial charge in [-0.05, 0) is 31.2 Å². The van der Waals surface area contributed by atoms with E-state index in [0.29, 0.717) is 17.3 Å². The average molecular weight is 381 g/mol. The van der Waals surface area contributed by atoms with Gasteiger partial charge in [0, 0.05) is 25.2 Å². The molecule has 0 aliphatic carbocycles. The van der Waals surface area contributed by atoms with E-state index in [4.69, 9.17) is 11.6 Å². The molecule has 0 atom stereocenters. The first-order valence-electron chi connectivity index (χ1n) is 7.92. The van der Waals surface area contributed by atoms with Crippen LogP contribution in [0.1, 0.15) is 13.3 Å². The molecule has 0 heterocycles. The SMILES string of the molecule is CCN(C(=O)CCN(c1ccccc1Cl)S(C)(=O)=O)c1ccccc1. The first-order valence-corrected chi connectivity index (χ1v) is 10.1. The van der Waals surface area contributed by atoms with Crippen LogP contribution in [0.25, 0.3) is 0 Å². The van der Waals surface area contributed by atoms with Gasteiger partial charge in [-0.2, -0.15) is 0 Å². The molecule has 0 saturated carbocycles. The van der Waals surface area contributed by atoms with Crippen LogP contribution in [0.15, 0.2) is 54.6 Å². The van der Waals surface area contributed by atoms with E-state index in [-0.39, 0.29) is 18.9 Å². The minimum Gasteiger partial charge on any atom is -0.313 e. The van der Waals surface area contributed by atoms with E-state index >= 15 is 0 Å². The standard InChI is InChI=1S/C18H21ClN2O3S/c1-3-20(15-9-5-4-6-10-15)18(22)13-14-21(25(2,23)24)17-12-8-7-11-16(17)19/h4-12H,3,13-14H2,1-2H3. The van der Waals surface area contributed by atoms with Gasteiger partial charge >= 0.3 is 0 Å². The van der Waals surface area contributed by atoms with E-state index in [1.165, 1.54) is 4.31 Å². The van der Waals surface area contributed by atoms with Crippen molar-refractivity contribution in [1.29, 1.82) is 0 Å². The van der Waals surface area contributed by atoms with Gasteiger partial charge in [0.1, 0.15) is 0 Å². The fraction of sp³-hybridized carbons (Fsp3) is 0.278. The Morgan fingerprint density at radius 1 is 1.04 bits per heavy atom. The summed E-state index contributed by atoms with van der Waals surface area (Å²) in [6, 6.07) is 16.0. The van der Waals surface area contributed by atoms with Gasteiger partial charge in [-0.3, -0.25) is 9.10 Å². The molecule has 0 N–H and O–H groups in total. The number of anilines is 2. The minimum absolute atomic E-state index is 0.0325. The lowest BCUT2D eigenvalue weighted by atomic mass is 10.2. The molecule has 1 amide bonds. The van der Waals surface area contributed by atoms with Gasteiger partial charge in [0.15, 0.2) is 0 Å². The monoisotopic (exact) mass is 380 g/mol. The van der Waals surface area contributed by atoms with Crippen molar-refractivity contribution in [2.45, 2.75) is 13.3 Å². The first kappa shape index (κ1) is 19.3. The average Bonchev–Trinajstić information content (AvgIpc) is 2.57. The summed E-state index contributed by atoms with van der Waals surface area (Å²) >= 11 is 6.12. The number of benzene rings is 2. The third kappa shape index (κ3) is 4.96. The molecule has 0 radical (unpaired) electrons. The number of carbonyl (C=O) groups excluding carboxylic acids is 1. The highest BCUT2D eigenvalue weighted by molar-refractivity contribution is 7.92. The molecule has 2 aromatic carbocycles. The smallest absolute Gasteiger partial charge is 0.232 e. The van der Waals surface area contributed by atoms with E-state index in [1.54, 1.807) is 29.2 Å². The summed E-state index contributed by atoms with van der Waals surface area (Å²) in [7, 11) is -3.56. The topological polar surface area (TPSA) is 57.7 Å². The van der Waals surface area contributed by atoms with Crippen LogP contribution in [0, 0.1) is 0 Å². The molecule has 0 aliphatic rings. The number of rotatable bonds is 7. The van der Waals surface area contributed by atoms with Gasteiger partial charge < -0.3 is 4.90 Å². The molecule has 134 valence electrons. The van der Waals surface area contributed by atoms with Crippen LogP contribution < -0.4 is 9.21 Å². The van der Waals surface area contributed by atoms with E-state index in [0.717, 1.165) is 11.9 Å². The number of hydrogen-bond donors (Lipinski definition) is 0. The largest absolute Gasteiger partial charge is 0.313 e. The van der Waals surface area contributed by atoms with Crippen molar-refractivity contribution in [3.63, 3.8) is 0 Å². The number of nitrogens with zero attached hydrogens (tertiary/aromatic N) is 2. The van der Waals surface area contributed by atoms with Crippen molar-refractivity contribution in [3.05, 3.63) is 59.6 Å². The predicted octanol–water partition coefficient (Wildman–Crippen LogP) is 3.55. The molecular weight excluding hydrogens is 360 g/mol. The first-order chi connectivity index (χ1) is 11.8. The minimum atomic E-state index is -3.56. The van der Waals surface area contributed by atoms with E-state index in [9.17, 15) is 13.2 Å². The summed E-state index contributed by atoms with van der Waals surface area (Å²) < 4.78 is 25.5. The highest BCUT2D eigenvalue weighted by Gasteiger charge is 2.22. The maximum Gasteiger partial charge on any atom is 0.232 e. The lowest BCUT2D eigenvalue weighted by Crippen LogP contribution is -2.37. The molecule has 0 saturated heterocycles. The Labute approximate surface area is 153 Å². The van der Waals surface area contributed by atoms with Crippen molar-refractivity contribution >= 4 is 38.9 Å². The molecule has 0 spiro atoms. The molecule has 2 rings (SSSR count). The van der Waals surface area contributed by atoms with Crippen LogP contribution in [0.4, 0.5) is 11.4 Å². The number of para-hydroxylation sites is 2. The highest BCUT2D eigenvalue weighted by atomic mass is 35.5. The van der Waals surface area contributed by atoms with Crippen LogP contribution in [-0.2, 0) is 14.8 Å². The molecule has 0 unspecified atom stereocenters. The zero-order chi connectivity index (χ0) is 18.4. The second-order valence-electron chi connectivity index (χ2n) is 5.51. The third-order valence-electron chi connectivity index (χ3n) is 3.74. The summed E-state index contributed by atoms with van der Waals surface area (Å²) in [6.07, 6.45) is 1.16. The van der Waals surface area contributed by atoms with Crippen LogP contribution >= 0.6 is 11.6 Å². The normalized spacial score (nSPS) is 11.2. The van der Waals surface area contributed by atoms with Crippen molar-refractivity contribution in [2.24, 2.45) is 0 Å². The maximum absolute atomic E-state index is 12.6. The Kier molecular flexibility index (Phi) is 6.45. The van der Waals surface area contributed by atoms with Crippen LogP contribution in [0.2, 0.25) is 5.02 Å². The second-order valence-corrected chi connectivity index (χ2v) is 7.82. The highest BCUT2D eigenvalue weighted by Crippen LogP contribution is 2.27. The molecule has 0 aromatic heterocycles. The molecular formula is C18H21ClN2O3S. The molecule has 0 aliphatic heterocycles. The van der Waals surface area contributed by atoms with Crippen molar-refractivity contribution in [1.82, 2.24) is 0 Å². The molecule has 2 aromatic rings. The van der Waals surface area contributed by atoms with Crippen molar-refractivity contribution in [3.8, 4) is 0 Å². The Morgan fingerprint density at radius 3 is 2.20 bits per heavy atom. The van der Waals surface area contributed by atoms with Gasteiger partial charge in [-0.15, -0.1) is 0 Å². The number of sulfonamides is 1. The van der Waals surface area contributed by atoms with Crippen molar-refractivity contribution in [2.75, 3.05) is 28.6 Å². The number of carbonyl (C=O) groups is 1. The molecule has 25 heavy (non-hydrogen) atoms. The van der Waals surface area contributed by atoms with Gasteiger partial charge in [0.05, 0.1) is 17.0 Å². The van der Waals surface area contributed by atoms with Gasteiger partial charge in [-0.1, -0.05) is 41.9 Å². The lowest BCUT2D eigenvalue weighted by Gasteiger charge is -2.26. The summed E-state index contributed by atoms with van der Waals surface area (Å²) in [5.41, 5.74) is 1.17. The fourth-order valence-electron chi connectivity index (χ4n) is 2.56. The summed E-state index contributed by atoms with van der Waals surface area (Å²) in [6.45, 7) is 2.42. The molecule has 0 bridgehead atoms. The third-order valence-corrected chi connectivity index (χ3v) is 5.23. The maximum atomic E-state index is 12.6. The zero-order valence-corrected chi connectivity index (χ0v) is 15.8. The molecule has 7 heteroatoms. The summed E-state index contributed by atoms with van der Waals surface area (Å²) in [5.74, 6) is -0.144. The lowest BCUT2D eigenvalue weighted by molar-refractivity contribution is -0.118. The second kappa shape index (κ2) is 8.36. The van der Waals surface area contributed by atoms with Gasteiger partial charge in [-0.25, -0.2) is 8.42 Å². The van der Waals surface area contributed by atoms with Crippen LogP contribution in [0.3, 0.4) is 0 Å². The van der Waals surface area contributed by atoms with Crippen molar-refractivity contribution < 1.29 is 13.2 Å². The Balaban J connectivity index is 2.18. The number of hydrogen-bond acceptors (Lipinski definition) is 3. The van der Waals surface area contributed by atoms with Gasteiger partial charge in [0.2, 0.25) is 15.9 Å². The van der Waals surface area contributed by atoms with Crippen LogP contribution in [0.5, 0.6) is 0 Å².